The quantitative estimate of drug-likeness (QED) is 0.637. The normalized spacial score (nSPS) is 16.2. The summed E-state index contributed by atoms with van der Waals surface area (Å²) in [6, 6.07) is 1.68. The molecule has 4 rings (SSSR count). The summed E-state index contributed by atoms with van der Waals surface area (Å²) in [4.78, 5) is 30.4. The van der Waals surface area contributed by atoms with Crippen LogP contribution in [-0.4, -0.2) is 46.5 Å². The maximum absolute atomic E-state index is 12.9. The number of aromatic nitrogens is 3. The lowest BCUT2D eigenvalue weighted by Gasteiger charge is -2.30. The van der Waals surface area contributed by atoms with E-state index < -0.39 is 15.9 Å². The van der Waals surface area contributed by atoms with Crippen molar-refractivity contribution >= 4 is 37.5 Å². The number of amides is 1. The van der Waals surface area contributed by atoms with Gasteiger partial charge in [-0.25, -0.2) is 18.1 Å². The number of thiophene rings is 1. The molecule has 0 saturated carbocycles. The Morgan fingerprint density at radius 1 is 1.27 bits per heavy atom. The van der Waals surface area contributed by atoms with E-state index in [1.165, 1.54) is 15.6 Å². The van der Waals surface area contributed by atoms with Crippen LogP contribution in [-0.2, 0) is 14.8 Å². The summed E-state index contributed by atoms with van der Waals surface area (Å²) in [6.45, 7) is 5.19. The highest BCUT2D eigenvalue weighted by molar-refractivity contribution is 7.89. The fourth-order valence-corrected chi connectivity index (χ4v) is 6.24. The van der Waals surface area contributed by atoms with Crippen LogP contribution in [0.3, 0.4) is 0 Å². The molecule has 12 heteroatoms. The van der Waals surface area contributed by atoms with Gasteiger partial charge in [-0.3, -0.25) is 15.0 Å². The molecule has 1 saturated heterocycles. The molecule has 0 aromatic carbocycles. The standard InChI is InChI=1S/C18H21N5O5S2/c1-10-15(11(2)28-21-10)30(26,27)22-7-4-13(5-8-22)16(24)20-23-12(3)19-17-14(18(23)25)6-9-29-17/h6,9,13H,4-5,7-8H2,1-3H3,(H,20,24). The molecular formula is C18H21N5O5S2. The first kappa shape index (κ1) is 20.7. The van der Waals surface area contributed by atoms with Gasteiger partial charge in [0, 0.05) is 19.0 Å². The number of hydrogen-bond donors (Lipinski definition) is 1. The van der Waals surface area contributed by atoms with E-state index in [0.717, 1.165) is 4.68 Å². The van der Waals surface area contributed by atoms with Crippen LogP contribution in [0.25, 0.3) is 10.2 Å². The van der Waals surface area contributed by atoms with Crippen molar-refractivity contribution in [2.45, 2.75) is 38.5 Å². The minimum atomic E-state index is -3.74. The van der Waals surface area contributed by atoms with Gasteiger partial charge in [-0.05, 0) is 45.1 Å². The third-order valence-electron chi connectivity index (χ3n) is 5.28. The number of fused-ring (bicyclic) bond motifs is 1. The zero-order valence-corrected chi connectivity index (χ0v) is 18.3. The SMILES string of the molecule is Cc1noc(C)c1S(=O)(=O)N1CCC(C(=O)Nn2c(C)nc3sccc3c2=O)CC1. The molecule has 0 radical (unpaired) electrons. The van der Waals surface area contributed by atoms with Crippen molar-refractivity contribution in [1.82, 2.24) is 19.1 Å². The number of nitrogens with one attached hydrogen (secondary N) is 1. The van der Waals surface area contributed by atoms with Crippen molar-refractivity contribution in [3.63, 3.8) is 0 Å². The van der Waals surface area contributed by atoms with Crippen molar-refractivity contribution in [3.05, 3.63) is 39.1 Å². The number of aryl methyl sites for hydroxylation is 3. The van der Waals surface area contributed by atoms with Crippen LogP contribution in [0.4, 0.5) is 0 Å². The van der Waals surface area contributed by atoms with E-state index in [1.54, 1.807) is 32.2 Å². The number of hydrogen-bond acceptors (Lipinski definition) is 8. The van der Waals surface area contributed by atoms with Crippen molar-refractivity contribution in [3.8, 4) is 0 Å². The van der Waals surface area contributed by atoms with Crippen LogP contribution in [0, 0.1) is 26.7 Å². The summed E-state index contributed by atoms with van der Waals surface area (Å²) in [6.07, 6.45) is 0.687. The van der Waals surface area contributed by atoms with Gasteiger partial charge in [0.25, 0.3) is 5.56 Å². The van der Waals surface area contributed by atoms with Crippen molar-refractivity contribution in [1.29, 1.82) is 0 Å². The maximum Gasteiger partial charge on any atom is 0.281 e. The molecule has 160 valence electrons. The van der Waals surface area contributed by atoms with Gasteiger partial charge in [0.2, 0.25) is 15.9 Å². The zero-order valence-electron chi connectivity index (χ0n) is 16.7. The molecule has 0 aliphatic carbocycles. The van der Waals surface area contributed by atoms with Gasteiger partial charge < -0.3 is 4.52 Å². The number of nitrogens with zero attached hydrogens (tertiary/aromatic N) is 4. The van der Waals surface area contributed by atoms with E-state index in [2.05, 4.69) is 15.6 Å². The summed E-state index contributed by atoms with van der Waals surface area (Å²) in [5.74, 6) is -0.100. The van der Waals surface area contributed by atoms with Crippen LogP contribution in [0.15, 0.2) is 25.7 Å². The van der Waals surface area contributed by atoms with Gasteiger partial charge in [0.1, 0.15) is 21.2 Å². The van der Waals surface area contributed by atoms with E-state index in [1.807, 2.05) is 0 Å². The third kappa shape index (κ3) is 3.44. The fraction of sp³-hybridized carbons (Fsp3) is 0.444. The number of carbonyl (C=O) groups is 1. The van der Waals surface area contributed by atoms with E-state index in [4.69, 9.17) is 4.52 Å². The minimum absolute atomic E-state index is 0.0859. The van der Waals surface area contributed by atoms with Crippen molar-refractivity contribution < 1.29 is 17.7 Å². The molecule has 3 aromatic heterocycles. The number of carbonyl (C=O) groups excluding carboxylic acids is 1. The Kier molecular flexibility index (Phi) is 5.24. The lowest BCUT2D eigenvalue weighted by molar-refractivity contribution is -0.121. The summed E-state index contributed by atoms with van der Waals surface area (Å²) in [7, 11) is -3.74. The van der Waals surface area contributed by atoms with Crippen LogP contribution < -0.4 is 11.0 Å². The molecule has 0 bridgehead atoms. The van der Waals surface area contributed by atoms with Crippen molar-refractivity contribution in [2.24, 2.45) is 5.92 Å². The summed E-state index contributed by atoms with van der Waals surface area (Å²) in [5, 5.41) is 5.95. The predicted octanol–water partition coefficient (Wildman–Crippen LogP) is 1.54. The average Bonchev–Trinajstić information content (AvgIpc) is 3.31. The fourth-order valence-electron chi connectivity index (χ4n) is 3.68. The first-order valence-electron chi connectivity index (χ1n) is 9.41. The lowest BCUT2D eigenvalue weighted by atomic mass is 9.98. The van der Waals surface area contributed by atoms with Crippen LogP contribution in [0.1, 0.15) is 30.1 Å². The van der Waals surface area contributed by atoms with Gasteiger partial charge >= 0.3 is 0 Å². The van der Waals surface area contributed by atoms with Gasteiger partial charge in [-0.1, -0.05) is 5.16 Å². The Bertz CT molecular complexity index is 1260. The molecule has 0 atom stereocenters. The molecule has 1 aliphatic rings. The topological polar surface area (TPSA) is 127 Å². The average molecular weight is 452 g/mol. The highest BCUT2D eigenvalue weighted by atomic mass is 32.2. The molecule has 3 aromatic rings. The Morgan fingerprint density at radius 3 is 2.60 bits per heavy atom. The highest BCUT2D eigenvalue weighted by Crippen LogP contribution is 2.27. The zero-order chi connectivity index (χ0) is 21.6. The van der Waals surface area contributed by atoms with Gasteiger partial charge in [-0.15, -0.1) is 11.3 Å². The maximum atomic E-state index is 12.9. The predicted molar refractivity (Wildman–Crippen MR) is 110 cm³/mol. The van der Waals surface area contributed by atoms with Gasteiger partial charge in [0.15, 0.2) is 5.76 Å². The Balaban J connectivity index is 1.47. The van der Waals surface area contributed by atoms with Crippen LogP contribution >= 0.6 is 11.3 Å². The molecule has 0 spiro atoms. The third-order valence-corrected chi connectivity index (χ3v) is 8.23. The first-order valence-corrected chi connectivity index (χ1v) is 11.7. The molecule has 1 amide bonds. The molecule has 10 nitrogen and oxygen atoms in total. The molecule has 0 unspecified atom stereocenters. The largest absolute Gasteiger partial charge is 0.360 e. The lowest BCUT2D eigenvalue weighted by Crippen LogP contribution is -2.44. The summed E-state index contributed by atoms with van der Waals surface area (Å²) >= 11 is 1.36. The van der Waals surface area contributed by atoms with E-state index in [-0.39, 0.29) is 35.2 Å². The number of piperidine rings is 1. The first-order chi connectivity index (χ1) is 14.2. The Morgan fingerprint density at radius 2 is 1.97 bits per heavy atom. The molecular weight excluding hydrogens is 430 g/mol. The van der Waals surface area contributed by atoms with E-state index >= 15 is 0 Å². The van der Waals surface area contributed by atoms with Gasteiger partial charge in [-0.2, -0.15) is 4.31 Å². The van der Waals surface area contributed by atoms with Crippen LogP contribution in [0.5, 0.6) is 0 Å². The van der Waals surface area contributed by atoms with Crippen molar-refractivity contribution in [2.75, 3.05) is 18.5 Å². The van der Waals surface area contributed by atoms with E-state index in [9.17, 15) is 18.0 Å². The summed E-state index contributed by atoms with van der Waals surface area (Å²) in [5.41, 5.74) is 2.63. The molecule has 1 fully saturated rings. The highest BCUT2D eigenvalue weighted by Gasteiger charge is 2.35. The second kappa shape index (κ2) is 7.60. The molecule has 4 heterocycles. The molecule has 1 N–H and O–H groups in total. The smallest absolute Gasteiger partial charge is 0.281 e. The number of rotatable bonds is 4. The minimum Gasteiger partial charge on any atom is -0.360 e. The molecule has 30 heavy (non-hydrogen) atoms. The van der Waals surface area contributed by atoms with E-state index in [0.29, 0.717) is 34.6 Å². The second-order valence-electron chi connectivity index (χ2n) is 7.25. The second-order valence-corrected chi connectivity index (χ2v) is 10.0. The number of sulfonamides is 1. The molecule has 1 aliphatic heterocycles. The summed E-state index contributed by atoms with van der Waals surface area (Å²) < 4.78 is 33.3. The van der Waals surface area contributed by atoms with Gasteiger partial charge in [0.05, 0.1) is 5.39 Å². The van der Waals surface area contributed by atoms with Crippen LogP contribution in [0.2, 0.25) is 0 Å². The monoisotopic (exact) mass is 451 g/mol. The Hall–Kier alpha value is -2.57. The Labute approximate surface area is 176 Å².